The summed E-state index contributed by atoms with van der Waals surface area (Å²) in [5.41, 5.74) is 13.6. The molecule has 40 nitrogen and oxygen atoms in total. The highest BCUT2D eigenvalue weighted by Gasteiger charge is 2.58. The van der Waals surface area contributed by atoms with Crippen LogP contribution in [0.3, 0.4) is 0 Å². The maximum Gasteiger partial charge on any atom is 0.490 e. The number of aromatic amines is 2. The molecular formula is C38H56N17O23P4+. The number of aryl methyl sites for hydroxylation is 1. The number of carbonyl (C=O) groups excluding carboxylic acids is 1. The molecule has 0 bridgehead atoms. The monoisotopic (exact) mass is 1240 g/mol. The summed E-state index contributed by atoms with van der Waals surface area (Å²) in [4.78, 5) is 110. The van der Waals surface area contributed by atoms with Crippen LogP contribution < -0.4 is 43.5 Å². The number of aliphatic hydroxyl groups excluding tert-OH is 3. The number of aliphatic hydroxyl groups is 3. The molecule has 9 heterocycles. The van der Waals surface area contributed by atoms with Crippen molar-refractivity contribution in [1.82, 2.24) is 64.2 Å². The van der Waals surface area contributed by atoms with Crippen molar-refractivity contribution in [2.45, 2.75) is 86.8 Å². The molecule has 17 N–H and O–H groups in total. The number of unbranched alkanes of at least 4 members (excludes halogenated alkanes) is 1. The fourth-order valence-corrected chi connectivity index (χ4v) is 14.8. The Labute approximate surface area is 458 Å². The number of aromatic nitrogens is 12. The number of urea groups is 1. The molecule has 0 spiro atoms. The number of phosphoric acid groups is 3. The van der Waals surface area contributed by atoms with Crippen LogP contribution in [-0.4, -0.2) is 183 Å². The molecule has 9 rings (SSSR count). The number of nitrogens with two attached hydrogens (primary N) is 3. The number of nitrogen functional groups attached to an aromatic ring is 3. The molecule has 0 aliphatic carbocycles. The first kappa shape index (κ1) is 60.8. The molecule has 44 heteroatoms. The van der Waals surface area contributed by atoms with Gasteiger partial charge < -0.3 is 86.2 Å². The second kappa shape index (κ2) is 23.7. The van der Waals surface area contributed by atoms with Gasteiger partial charge in [-0.25, -0.2) is 43.0 Å². The van der Waals surface area contributed by atoms with E-state index in [-0.39, 0.29) is 57.8 Å². The van der Waals surface area contributed by atoms with E-state index < -0.39 is 141 Å². The molecule has 3 saturated heterocycles. The van der Waals surface area contributed by atoms with Crippen molar-refractivity contribution >= 4 is 88.3 Å². The van der Waals surface area contributed by atoms with Crippen LogP contribution in [0.4, 0.5) is 22.5 Å². The smallest absolute Gasteiger partial charge is 0.387 e. The fourth-order valence-electron chi connectivity index (χ4n) is 9.48. The first-order chi connectivity index (χ1) is 38.6. The summed E-state index contributed by atoms with van der Waals surface area (Å²) in [6.45, 7) is -1.52. The highest BCUT2D eigenvalue weighted by atomic mass is 31.3. The molecule has 3 aliphatic rings. The van der Waals surface area contributed by atoms with Gasteiger partial charge in [0.25, 0.3) is 17.1 Å². The van der Waals surface area contributed by atoms with E-state index in [9.17, 15) is 67.5 Å². The lowest BCUT2D eigenvalue weighted by Crippen LogP contribution is -2.47. The molecule has 450 valence electrons. The molecule has 0 saturated carbocycles. The number of H-pyrrole nitrogens is 2. The van der Waals surface area contributed by atoms with Gasteiger partial charge in [0.15, 0.2) is 41.4 Å². The van der Waals surface area contributed by atoms with Gasteiger partial charge >= 0.3 is 42.7 Å². The molecule has 2 amide bonds. The highest BCUT2D eigenvalue weighted by molar-refractivity contribution is 7.66. The number of hydrogen-bond acceptors (Lipinski definition) is 28. The summed E-state index contributed by atoms with van der Waals surface area (Å²) in [5, 5.41) is 38.8. The second-order valence-electron chi connectivity index (χ2n) is 18.6. The van der Waals surface area contributed by atoms with Crippen molar-refractivity contribution < 1.29 is 104 Å². The molecule has 3 fully saturated rings. The van der Waals surface area contributed by atoms with Crippen LogP contribution in [-0.2, 0) is 66.4 Å². The van der Waals surface area contributed by atoms with Gasteiger partial charge in [-0.3, -0.25) is 46.9 Å². The van der Waals surface area contributed by atoms with Crippen LogP contribution in [0.1, 0.15) is 38.4 Å². The topological polar surface area (TPSA) is 574 Å². The molecule has 16 atom stereocenters. The van der Waals surface area contributed by atoms with Gasteiger partial charge in [-0.05, 0) is 6.42 Å². The van der Waals surface area contributed by atoms with E-state index in [4.69, 9.17) is 49.7 Å². The van der Waals surface area contributed by atoms with Gasteiger partial charge in [0.05, 0.1) is 45.6 Å². The van der Waals surface area contributed by atoms with Crippen LogP contribution in [0.15, 0.2) is 34.9 Å². The Bertz CT molecular complexity index is 3680. The summed E-state index contributed by atoms with van der Waals surface area (Å²) in [5.74, 6) is -1.92. The van der Waals surface area contributed by atoms with Crippen molar-refractivity contribution in [3.8, 4) is 0 Å². The van der Waals surface area contributed by atoms with Crippen LogP contribution in [0, 0.1) is 5.92 Å². The van der Waals surface area contributed by atoms with E-state index in [1.54, 1.807) is 0 Å². The van der Waals surface area contributed by atoms with Gasteiger partial charge in [0.2, 0.25) is 17.7 Å². The Morgan fingerprint density at radius 2 is 1.38 bits per heavy atom. The van der Waals surface area contributed by atoms with Crippen molar-refractivity contribution in [3.63, 3.8) is 0 Å². The van der Waals surface area contributed by atoms with Crippen LogP contribution in [0.5, 0.6) is 0 Å². The fraction of sp³-hybridized carbons (Fsp3) is 0.579. The quantitative estimate of drug-likeness (QED) is 0.0170. The van der Waals surface area contributed by atoms with Crippen molar-refractivity contribution in [2.24, 2.45) is 13.0 Å². The molecule has 6 aromatic heterocycles. The first-order valence-electron chi connectivity index (χ1n) is 24.3. The van der Waals surface area contributed by atoms with E-state index in [2.05, 4.69) is 59.1 Å². The van der Waals surface area contributed by atoms with E-state index >= 15 is 0 Å². The number of carbonyl (C=O) groups is 1. The number of imidazole rings is 3. The van der Waals surface area contributed by atoms with E-state index in [0.717, 1.165) is 37.1 Å². The highest BCUT2D eigenvalue weighted by Crippen LogP contribution is 2.68. The van der Waals surface area contributed by atoms with Gasteiger partial charge in [0, 0.05) is 26.1 Å². The number of rotatable bonds is 23. The minimum absolute atomic E-state index is 0.00477. The molecule has 0 aromatic carbocycles. The Balaban J connectivity index is 0.891. The lowest BCUT2D eigenvalue weighted by atomic mass is 9.98. The second-order valence-corrected chi connectivity index (χ2v) is 25.3. The number of fused-ring (bicyclic) bond motifs is 3. The summed E-state index contributed by atoms with van der Waals surface area (Å²) < 4.78 is 107. The zero-order valence-electron chi connectivity index (χ0n) is 42.8. The largest absolute Gasteiger partial charge is 0.490 e. The van der Waals surface area contributed by atoms with Crippen molar-refractivity contribution in [2.75, 3.05) is 57.2 Å². The third kappa shape index (κ3) is 12.5. The number of anilines is 3. The average molecular weight is 1240 g/mol. The normalized spacial score (nSPS) is 28.8. The molecule has 82 heavy (non-hydrogen) atoms. The first-order valence-corrected chi connectivity index (χ1v) is 30.4. The SMILES string of the molecule is CCCCNC(=O)NC[C@H]1[C@@H](O)[C@H]([n+]2cn(C)c3c(=O)[nH]c(N)nc32)O[C@@H]1COP(=O)(O)OP(=O)(O)OP(=O)(O)OC[C@H]1O[C@@H](n2cnc3c(N)ncnc32)[C@H](OC)[C@@H]1P(=O)(O)OC[C@H]1O[C@@H](n2cnc3c(=O)[nH]c(N)nc32)[C@H](O)[C@@H]1O. The summed E-state index contributed by atoms with van der Waals surface area (Å²) in [7, 11) is -21.0. The Hall–Kier alpha value is -5.80. The molecule has 3 aliphatic heterocycles. The number of amides is 2. The number of nitrogens with zero attached hydrogens (tertiary/aromatic N) is 10. The Kier molecular flexibility index (Phi) is 17.6. The van der Waals surface area contributed by atoms with Crippen LogP contribution >= 0.6 is 31.1 Å². The third-order valence-electron chi connectivity index (χ3n) is 13.2. The predicted molar refractivity (Wildman–Crippen MR) is 272 cm³/mol. The summed E-state index contributed by atoms with van der Waals surface area (Å²) in [6.07, 6.45) is -10.4. The average Bonchev–Trinajstić information content (AvgIpc) is 4.39. The number of hydrogen-bond donors (Lipinski definition) is 14. The maximum absolute atomic E-state index is 14.5. The number of nitrogens with one attached hydrogen (secondary N) is 4. The predicted octanol–water partition coefficient (Wildman–Crippen LogP) is -3.29. The third-order valence-corrected chi connectivity index (χ3v) is 19.4. The lowest BCUT2D eigenvalue weighted by Gasteiger charge is -2.28. The van der Waals surface area contributed by atoms with Crippen LogP contribution in [0.25, 0.3) is 33.5 Å². The van der Waals surface area contributed by atoms with Crippen molar-refractivity contribution in [1.29, 1.82) is 0 Å². The van der Waals surface area contributed by atoms with Gasteiger partial charge in [0.1, 0.15) is 54.1 Å². The molecule has 0 radical (unpaired) electrons. The standard InChI is InChI=1S/C38H55N17O23P4/c1-4-5-6-42-38(61)43-7-15-16(74-33(22(15)56)55-14-52(2)21-30(55)49-37(41)51-32(21)60)8-72-80(64,65)77-82(68,69)78-81(66,67)73-10-18-26(25(70-3)35(76-18)53-12-46-19-27(39)44-11-45-28(19)53)79(62,63)71-9-17-23(57)24(58)34(75-17)54-13-47-20-29(54)48-36(40)50-31(20)59/h11-18,22-26,33-35,56-58H,4-10H2,1-3H3,(H13-,39,40,41,42,43,44,45,48,49,50,51,59,60,61,62,63,64,65,66,67,68,69)/p+1/t15-,16-,17-,18-,22-,23-,24-,25-,26-,33-,34-,35-/m1/s1. The number of methoxy groups -OCH3 is 1. The number of ether oxygens (including phenoxy) is 4. The van der Waals surface area contributed by atoms with Gasteiger partial charge in [-0.2, -0.15) is 13.6 Å². The van der Waals surface area contributed by atoms with Crippen LogP contribution in [0.2, 0.25) is 0 Å². The molecule has 6 aromatic rings. The zero-order valence-corrected chi connectivity index (χ0v) is 46.4. The van der Waals surface area contributed by atoms with E-state index in [1.165, 1.54) is 27.1 Å². The molecular weight excluding hydrogens is 1190 g/mol. The number of phosphoric ester groups is 2. The maximum atomic E-state index is 14.5. The van der Waals surface area contributed by atoms with Crippen molar-refractivity contribution in [3.05, 3.63) is 46.0 Å². The lowest BCUT2D eigenvalue weighted by molar-refractivity contribution is -0.745. The van der Waals surface area contributed by atoms with E-state index in [0.29, 0.717) is 13.0 Å². The summed E-state index contributed by atoms with van der Waals surface area (Å²) >= 11 is 0. The zero-order chi connectivity index (χ0) is 59.4. The minimum atomic E-state index is -6.26. The van der Waals surface area contributed by atoms with Gasteiger partial charge in [-0.15, -0.1) is 0 Å². The summed E-state index contributed by atoms with van der Waals surface area (Å²) in [6, 6.07) is -0.661. The van der Waals surface area contributed by atoms with E-state index in [1.807, 2.05) is 6.92 Å². The minimum Gasteiger partial charge on any atom is -0.387 e. The molecule has 4 unspecified atom stereocenters. The van der Waals surface area contributed by atoms with Gasteiger partial charge in [-0.1, -0.05) is 18.3 Å². The Morgan fingerprint density at radius 1 is 0.756 bits per heavy atom. The Morgan fingerprint density at radius 3 is 2.06 bits per heavy atom.